The number of benzene rings is 1. The number of nitro groups is 1. The summed E-state index contributed by atoms with van der Waals surface area (Å²) in [5, 5.41) is 13.7. The van der Waals surface area contributed by atoms with Crippen LogP contribution in [0.4, 0.5) is 11.4 Å². The van der Waals surface area contributed by atoms with Gasteiger partial charge in [0.05, 0.1) is 22.6 Å². The van der Waals surface area contributed by atoms with Gasteiger partial charge in [-0.15, -0.1) is 0 Å². The number of esters is 1. The number of amides is 1. The molecule has 1 heterocycles. The molecule has 0 aliphatic heterocycles. The van der Waals surface area contributed by atoms with Crippen molar-refractivity contribution in [2.45, 2.75) is 0 Å². The van der Waals surface area contributed by atoms with E-state index in [-0.39, 0.29) is 22.6 Å². The van der Waals surface area contributed by atoms with Crippen LogP contribution in [0.5, 0.6) is 0 Å². The molecule has 118 valence electrons. The van der Waals surface area contributed by atoms with Crippen LogP contribution in [0.15, 0.2) is 36.5 Å². The minimum Gasteiger partial charge on any atom is -0.465 e. The molecule has 0 aliphatic rings. The molecule has 2 aromatic rings. The summed E-state index contributed by atoms with van der Waals surface area (Å²) in [6.45, 7) is 0. The maximum Gasteiger partial charge on any atom is 0.338 e. The highest BCUT2D eigenvalue weighted by atomic mass is 35.5. The molecular weight excluding hydrogens is 326 g/mol. The molecule has 0 bridgehead atoms. The number of nitrogens with zero attached hydrogens (tertiary/aromatic N) is 2. The third-order valence-corrected chi connectivity index (χ3v) is 2.99. The number of pyridine rings is 1. The van der Waals surface area contributed by atoms with E-state index in [1.165, 1.54) is 24.4 Å². The predicted octanol–water partition coefficient (Wildman–Crippen LogP) is 2.68. The van der Waals surface area contributed by atoms with E-state index in [9.17, 15) is 19.7 Å². The number of ether oxygens (including phenoxy) is 1. The second kappa shape index (κ2) is 6.84. The van der Waals surface area contributed by atoms with E-state index in [2.05, 4.69) is 15.0 Å². The highest BCUT2D eigenvalue weighted by Crippen LogP contribution is 2.22. The Labute approximate surface area is 135 Å². The molecule has 0 aliphatic carbocycles. The van der Waals surface area contributed by atoms with Crippen LogP contribution in [0, 0.1) is 10.1 Å². The second-order valence-corrected chi connectivity index (χ2v) is 4.77. The summed E-state index contributed by atoms with van der Waals surface area (Å²) in [5.41, 5.74) is -0.268. The lowest BCUT2D eigenvalue weighted by molar-refractivity contribution is -0.384. The number of non-ortho nitro benzene ring substituents is 1. The summed E-state index contributed by atoms with van der Waals surface area (Å²) < 4.78 is 4.53. The van der Waals surface area contributed by atoms with Crippen molar-refractivity contribution in [1.29, 1.82) is 0 Å². The molecule has 0 saturated heterocycles. The quantitative estimate of drug-likeness (QED) is 0.522. The largest absolute Gasteiger partial charge is 0.465 e. The van der Waals surface area contributed by atoms with E-state index in [4.69, 9.17) is 11.6 Å². The summed E-state index contributed by atoms with van der Waals surface area (Å²) in [7, 11) is 1.15. The summed E-state index contributed by atoms with van der Waals surface area (Å²) in [6.07, 6.45) is 1.30. The van der Waals surface area contributed by atoms with Gasteiger partial charge in [-0.25, -0.2) is 9.78 Å². The third kappa shape index (κ3) is 4.01. The average Bonchev–Trinajstić information content (AvgIpc) is 2.54. The smallest absolute Gasteiger partial charge is 0.338 e. The van der Waals surface area contributed by atoms with Gasteiger partial charge < -0.3 is 10.1 Å². The van der Waals surface area contributed by atoms with Crippen LogP contribution in [-0.4, -0.2) is 28.9 Å². The van der Waals surface area contributed by atoms with Crippen LogP contribution in [0.25, 0.3) is 0 Å². The Kier molecular flexibility index (Phi) is 4.87. The van der Waals surface area contributed by atoms with Crippen molar-refractivity contribution in [3.05, 3.63) is 62.9 Å². The molecule has 9 heteroatoms. The monoisotopic (exact) mass is 335 g/mol. The van der Waals surface area contributed by atoms with Gasteiger partial charge in [-0.2, -0.15) is 0 Å². The predicted molar refractivity (Wildman–Crippen MR) is 81.6 cm³/mol. The van der Waals surface area contributed by atoms with Crippen molar-refractivity contribution in [3.63, 3.8) is 0 Å². The zero-order valence-electron chi connectivity index (χ0n) is 11.8. The van der Waals surface area contributed by atoms with Crippen molar-refractivity contribution >= 4 is 34.9 Å². The fourth-order valence-electron chi connectivity index (χ4n) is 1.73. The molecule has 23 heavy (non-hydrogen) atoms. The van der Waals surface area contributed by atoms with Gasteiger partial charge in [-0.1, -0.05) is 11.6 Å². The SMILES string of the molecule is COC(=O)c1cc(NC(=O)c2ccc(Cl)cn2)cc([N+](=O)[O-])c1. The van der Waals surface area contributed by atoms with Gasteiger partial charge in [0.25, 0.3) is 11.6 Å². The first-order valence-corrected chi connectivity index (χ1v) is 6.59. The topological polar surface area (TPSA) is 111 Å². The fourth-order valence-corrected chi connectivity index (χ4v) is 1.84. The minimum absolute atomic E-state index is 0.0546. The van der Waals surface area contributed by atoms with Crippen molar-refractivity contribution in [2.75, 3.05) is 12.4 Å². The molecule has 1 aromatic carbocycles. The van der Waals surface area contributed by atoms with Gasteiger partial charge >= 0.3 is 5.97 Å². The number of hydrogen-bond acceptors (Lipinski definition) is 6. The summed E-state index contributed by atoms with van der Waals surface area (Å²) in [5.74, 6) is -1.35. The highest BCUT2D eigenvalue weighted by Gasteiger charge is 2.17. The van der Waals surface area contributed by atoms with Crippen molar-refractivity contribution in [1.82, 2.24) is 4.98 Å². The van der Waals surface area contributed by atoms with Crippen LogP contribution < -0.4 is 5.32 Å². The standard InChI is InChI=1S/C14H10ClN3O5/c1-23-14(20)8-4-10(6-11(5-8)18(21)22)17-13(19)12-3-2-9(15)7-16-12/h2-7H,1H3,(H,17,19). The lowest BCUT2D eigenvalue weighted by Gasteiger charge is -2.07. The van der Waals surface area contributed by atoms with Gasteiger partial charge in [-0.3, -0.25) is 14.9 Å². The normalized spacial score (nSPS) is 10.0. The van der Waals surface area contributed by atoms with E-state index in [1.807, 2.05) is 0 Å². The molecular formula is C14H10ClN3O5. The Morgan fingerprint density at radius 2 is 2.04 bits per heavy atom. The Hall–Kier alpha value is -3.00. The molecule has 0 atom stereocenters. The Balaban J connectivity index is 2.32. The zero-order valence-corrected chi connectivity index (χ0v) is 12.5. The second-order valence-electron chi connectivity index (χ2n) is 4.33. The molecule has 0 unspecified atom stereocenters. The van der Waals surface area contributed by atoms with Gasteiger partial charge in [-0.05, 0) is 18.2 Å². The number of nitro benzene ring substituents is 1. The first-order chi connectivity index (χ1) is 10.9. The minimum atomic E-state index is -0.756. The third-order valence-electron chi connectivity index (χ3n) is 2.77. The molecule has 8 nitrogen and oxygen atoms in total. The average molecular weight is 336 g/mol. The van der Waals surface area contributed by atoms with Gasteiger partial charge in [0.2, 0.25) is 0 Å². The maximum absolute atomic E-state index is 12.1. The zero-order chi connectivity index (χ0) is 17.0. The molecule has 1 N–H and O–H groups in total. The number of aromatic nitrogens is 1. The number of anilines is 1. The Morgan fingerprint density at radius 3 is 2.61 bits per heavy atom. The van der Waals surface area contributed by atoms with Gasteiger partial charge in [0, 0.05) is 24.0 Å². The molecule has 0 saturated carbocycles. The summed E-state index contributed by atoms with van der Waals surface area (Å²) in [6, 6.07) is 6.34. The first kappa shape index (κ1) is 16.4. The number of nitrogens with one attached hydrogen (secondary N) is 1. The lowest BCUT2D eigenvalue weighted by Crippen LogP contribution is -2.14. The van der Waals surface area contributed by atoms with Crippen LogP contribution in [0.2, 0.25) is 5.02 Å². The molecule has 0 radical (unpaired) electrons. The number of halogens is 1. The molecule has 1 amide bonds. The van der Waals surface area contributed by atoms with E-state index in [0.29, 0.717) is 5.02 Å². The van der Waals surface area contributed by atoms with Crippen LogP contribution >= 0.6 is 11.6 Å². The number of carbonyl (C=O) groups is 2. The Bertz CT molecular complexity index is 776. The maximum atomic E-state index is 12.1. The van der Waals surface area contributed by atoms with E-state index in [0.717, 1.165) is 19.2 Å². The first-order valence-electron chi connectivity index (χ1n) is 6.21. The molecule has 0 spiro atoms. The van der Waals surface area contributed by atoms with Crippen LogP contribution in [0.1, 0.15) is 20.8 Å². The van der Waals surface area contributed by atoms with Gasteiger partial charge in [0.15, 0.2) is 0 Å². The number of hydrogen-bond donors (Lipinski definition) is 1. The van der Waals surface area contributed by atoms with E-state index >= 15 is 0 Å². The number of carbonyl (C=O) groups excluding carboxylic acids is 2. The number of rotatable bonds is 4. The summed E-state index contributed by atoms with van der Waals surface area (Å²) in [4.78, 5) is 37.7. The van der Waals surface area contributed by atoms with Crippen LogP contribution in [0.3, 0.4) is 0 Å². The van der Waals surface area contributed by atoms with Crippen LogP contribution in [-0.2, 0) is 4.74 Å². The molecule has 1 aromatic heterocycles. The molecule has 2 rings (SSSR count). The van der Waals surface area contributed by atoms with E-state index < -0.39 is 16.8 Å². The highest BCUT2D eigenvalue weighted by molar-refractivity contribution is 6.30. The Morgan fingerprint density at radius 1 is 1.30 bits per heavy atom. The lowest BCUT2D eigenvalue weighted by atomic mass is 10.1. The van der Waals surface area contributed by atoms with Crippen molar-refractivity contribution < 1.29 is 19.2 Å². The van der Waals surface area contributed by atoms with Crippen molar-refractivity contribution in [3.8, 4) is 0 Å². The fraction of sp³-hybridized carbons (Fsp3) is 0.0714. The van der Waals surface area contributed by atoms with Crippen molar-refractivity contribution in [2.24, 2.45) is 0 Å². The van der Waals surface area contributed by atoms with Gasteiger partial charge in [0.1, 0.15) is 5.69 Å². The number of methoxy groups -OCH3 is 1. The van der Waals surface area contributed by atoms with E-state index in [1.54, 1.807) is 0 Å². The summed E-state index contributed by atoms with van der Waals surface area (Å²) >= 11 is 5.68. The molecule has 0 fully saturated rings.